The first kappa shape index (κ1) is 16.1. The highest BCUT2D eigenvalue weighted by Crippen LogP contribution is 2.29. The second-order valence-electron chi connectivity index (χ2n) is 5.82. The molecule has 2 heterocycles. The Morgan fingerprint density at radius 2 is 1.77 bits per heavy atom. The summed E-state index contributed by atoms with van der Waals surface area (Å²) < 4.78 is 12.6. The summed E-state index contributed by atoms with van der Waals surface area (Å²) >= 11 is 0. The molecule has 26 heavy (non-hydrogen) atoms. The number of hydrogen-bond donors (Lipinski definition) is 0. The lowest BCUT2D eigenvalue weighted by Gasteiger charge is -2.08. The molecule has 0 unspecified atom stereocenters. The van der Waals surface area contributed by atoms with Crippen molar-refractivity contribution in [3.05, 3.63) is 66.5 Å². The molecule has 0 aliphatic heterocycles. The number of benzene rings is 2. The highest BCUT2D eigenvalue weighted by Gasteiger charge is 2.16. The van der Waals surface area contributed by atoms with Gasteiger partial charge in [-0.2, -0.15) is 9.97 Å². The molecule has 130 valence electrons. The summed E-state index contributed by atoms with van der Waals surface area (Å²) in [6.07, 6.45) is 1.79. The molecule has 0 amide bonds. The van der Waals surface area contributed by atoms with E-state index in [1.807, 2.05) is 47.0 Å². The van der Waals surface area contributed by atoms with Crippen LogP contribution in [-0.2, 0) is 6.54 Å². The number of hydrogen-bond acceptors (Lipinski definition) is 5. The van der Waals surface area contributed by atoms with E-state index in [4.69, 9.17) is 9.47 Å². The zero-order chi connectivity index (χ0) is 17.9. The van der Waals surface area contributed by atoms with Crippen molar-refractivity contribution >= 4 is 11.2 Å². The molecule has 0 radical (unpaired) electrons. The fourth-order valence-electron chi connectivity index (χ4n) is 2.88. The first-order valence-corrected chi connectivity index (χ1v) is 8.23. The predicted molar refractivity (Wildman–Crippen MR) is 99.4 cm³/mol. The minimum absolute atomic E-state index is 0.310. The van der Waals surface area contributed by atoms with Gasteiger partial charge < -0.3 is 14.0 Å². The van der Waals surface area contributed by atoms with E-state index in [0.717, 1.165) is 28.2 Å². The summed E-state index contributed by atoms with van der Waals surface area (Å²) in [5, 5.41) is 0. The molecule has 0 N–H and O–H groups in total. The number of ether oxygens (including phenoxy) is 2. The van der Waals surface area contributed by atoms with Gasteiger partial charge in [-0.05, 0) is 17.7 Å². The summed E-state index contributed by atoms with van der Waals surface area (Å²) in [5.74, 6) is 0.761. The van der Waals surface area contributed by atoms with Gasteiger partial charge >= 0.3 is 6.01 Å². The summed E-state index contributed by atoms with van der Waals surface area (Å²) in [7, 11) is 3.21. The van der Waals surface area contributed by atoms with Crippen molar-refractivity contribution in [2.75, 3.05) is 14.2 Å². The Morgan fingerprint density at radius 1 is 0.923 bits per heavy atom. The van der Waals surface area contributed by atoms with Crippen LogP contribution in [0, 0.1) is 0 Å². The van der Waals surface area contributed by atoms with Gasteiger partial charge in [-0.25, -0.2) is 4.98 Å². The molecule has 2 aromatic carbocycles. The number of aromatic nitrogens is 4. The minimum atomic E-state index is 0.310. The Hall–Kier alpha value is -3.41. The average Bonchev–Trinajstić information content (AvgIpc) is 3.10. The molecule has 0 aliphatic rings. The Labute approximate surface area is 151 Å². The van der Waals surface area contributed by atoms with E-state index in [2.05, 4.69) is 27.1 Å². The largest absolute Gasteiger partial charge is 0.497 e. The van der Waals surface area contributed by atoms with Crippen LogP contribution in [0.2, 0.25) is 0 Å². The third-order valence-electron chi connectivity index (χ3n) is 4.16. The SMILES string of the molecule is COc1cccc(-c2nc(OC)nc3c2ncn3Cc2ccccc2)c1. The number of fused-ring (bicyclic) bond motifs is 1. The van der Waals surface area contributed by atoms with Gasteiger partial charge in [0.2, 0.25) is 0 Å². The lowest BCUT2D eigenvalue weighted by atomic mass is 10.1. The van der Waals surface area contributed by atoms with Gasteiger partial charge in [0, 0.05) is 5.56 Å². The summed E-state index contributed by atoms with van der Waals surface area (Å²) in [6.45, 7) is 0.676. The third-order valence-corrected chi connectivity index (χ3v) is 4.16. The summed E-state index contributed by atoms with van der Waals surface area (Å²) in [6, 6.07) is 18.2. The van der Waals surface area contributed by atoms with Gasteiger partial charge in [-0.1, -0.05) is 42.5 Å². The molecular formula is C20H18N4O2. The van der Waals surface area contributed by atoms with E-state index in [1.54, 1.807) is 20.5 Å². The Balaban J connectivity index is 1.86. The monoisotopic (exact) mass is 346 g/mol. The van der Waals surface area contributed by atoms with Crippen molar-refractivity contribution in [1.29, 1.82) is 0 Å². The molecule has 0 saturated heterocycles. The molecule has 0 aliphatic carbocycles. The van der Waals surface area contributed by atoms with E-state index in [9.17, 15) is 0 Å². The maximum atomic E-state index is 5.33. The summed E-state index contributed by atoms with van der Waals surface area (Å²) in [4.78, 5) is 13.6. The second kappa shape index (κ2) is 6.84. The van der Waals surface area contributed by atoms with Crippen molar-refractivity contribution in [3.8, 4) is 23.0 Å². The van der Waals surface area contributed by atoms with Gasteiger partial charge in [0.05, 0.1) is 27.1 Å². The molecular weight excluding hydrogens is 328 g/mol. The highest BCUT2D eigenvalue weighted by atomic mass is 16.5. The first-order chi connectivity index (χ1) is 12.8. The van der Waals surface area contributed by atoms with Crippen molar-refractivity contribution in [3.63, 3.8) is 0 Å². The topological polar surface area (TPSA) is 62.1 Å². The van der Waals surface area contributed by atoms with Crippen molar-refractivity contribution in [2.45, 2.75) is 6.54 Å². The fourth-order valence-corrected chi connectivity index (χ4v) is 2.88. The van der Waals surface area contributed by atoms with E-state index in [0.29, 0.717) is 12.6 Å². The Morgan fingerprint density at radius 3 is 2.54 bits per heavy atom. The van der Waals surface area contributed by atoms with Crippen molar-refractivity contribution in [1.82, 2.24) is 19.5 Å². The van der Waals surface area contributed by atoms with Crippen LogP contribution < -0.4 is 9.47 Å². The normalized spacial score (nSPS) is 10.8. The number of rotatable bonds is 5. The van der Waals surface area contributed by atoms with E-state index in [-0.39, 0.29) is 0 Å². The van der Waals surface area contributed by atoms with Crippen molar-refractivity contribution < 1.29 is 9.47 Å². The van der Waals surface area contributed by atoms with Gasteiger partial charge in [0.1, 0.15) is 17.0 Å². The van der Waals surface area contributed by atoms with Gasteiger partial charge in [0.25, 0.3) is 0 Å². The number of imidazole rings is 1. The van der Waals surface area contributed by atoms with Gasteiger partial charge in [0.15, 0.2) is 5.65 Å². The summed E-state index contributed by atoms with van der Waals surface area (Å²) in [5.41, 5.74) is 4.26. The van der Waals surface area contributed by atoms with Gasteiger partial charge in [-0.15, -0.1) is 0 Å². The smallest absolute Gasteiger partial charge is 0.318 e. The van der Waals surface area contributed by atoms with Gasteiger partial charge in [-0.3, -0.25) is 0 Å². The van der Waals surface area contributed by atoms with E-state index >= 15 is 0 Å². The quantitative estimate of drug-likeness (QED) is 0.553. The zero-order valence-electron chi connectivity index (χ0n) is 14.6. The van der Waals surface area contributed by atoms with E-state index in [1.165, 1.54) is 5.56 Å². The molecule has 2 aromatic heterocycles. The predicted octanol–water partition coefficient (Wildman–Crippen LogP) is 3.56. The Bertz CT molecular complexity index is 1040. The third kappa shape index (κ3) is 2.97. The molecule has 6 heteroatoms. The van der Waals surface area contributed by atoms with Crippen LogP contribution in [0.15, 0.2) is 60.9 Å². The molecule has 0 atom stereocenters. The Kier molecular flexibility index (Phi) is 4.23. The molecule has 0 saturated carbocycles. The minimum Gasteiger partial charge on any atom is -0.497 e. The molecule has 0 fully saturated rings. The number of nitrogens with zero attached hydrogens (tertiary/aromatic N) is 4. The van der Waals surface area contributed by atoms with E-state index < -0.39 is 0 Å². The number of methoxy groups -OCH3 is 2. The molecule has 6 nitrogen and oxygen atoms in total. The lowest BCUT2D eigenvalue weighted by Crippen LogP contribution is -2.02. The lowest BCUT2D eigenvalue weighted by molar-refractivity contribution is 0.381. The van der Waals surface area contributed by atoms with Crippen molar-refractivity contribution in [2.24, 2.45) is 0 Å². The average molecular weight is 346 g/mol. The van der Waals surface area contributed by atoms with Crippen LogP contribution in [-0.4, -0.2) is 33.7 Å². The molecule has 0 spiro atoms. The first-order valence-electron chi connectivity index (χ1n) is 8.23. The van der Waals surface area contributed by atoms with Crippen LogP contribution in [0.4, 0.5) is 0 Å². The highest BCUT2D eigenvalue weighted by molar-refractivity contribution is 5.88. The standard InChI is InChI=1S/C20H18N4O2/c1-25-16-10-6-9-15(11-16)17-18-19(23-20(22-17)26-2)24(13-21-18)12-14-7-4-3-5-8-14/h3-11,13H,12H2,1-2H3. The van der Waals surface area contributed by atoms with Crippen LogP contribution >= 0.6 is 0 Å². The maximum absolute atomic E-state index is 5.33. The second-order valence-corrected chi connectivity index (χ2v) is 5.82. The van der Waals surface area contributed by atoms with Crippen LogP contribution in [0.1, 0.15) is 5.56 Å². The maximum Gasteiger partial charge on any atom is 0.318 e. The molecule has 4 rings (SSSR count). The van der Waals surface area contributed by atoms with Crippen LogP contribution in [0.3, 0.4) is 0 Å². The zero-order valence-corrected chi connectivity index (χ0v) is 14.6. The fraction of sp³-hybridized carbons (Fsp3) is 0.150. The van der Waals surface area contributed by atoms with Crippen LogP contribution in [0.5, 0.6) is 11.8 Å². The molecule has 0 bridgehead atoms. The molecule has 4 aromatic rings. The van der Waals surface area contributed by atoms with Crippen LogP contribution in [0.25, 0.3) is 22.4 Å².